The second kappa shape index (κ2) is 5.58. The van der Waals surface area contributed by atoms with Gasteiger partial charge in [0, 0.05) is 12.6 Å². The van der Waals surface area contributed by atoms with Crippen LogP contribution in [0.4, 0.5) is 0 Å². The zero-order valence-corrected chi connectivity index (χ0v) is 10.1. The molecular weight excluding hydrogens is 218 g/mol. The SMILES string of the molecule is CC(C)Cn1ncnc1CNCc1ccno1. The van der Waals surface area contributed by atoms with Crippen molar-refractivity contribution in [2.45, 2.75) is 33.5 Å². The van der Waals surface area contributed by atoms with Crippen molar-refractivity contribution in [1.29, 1.82) is 0 Å². The Balaban J connectivity index is 1.84. The maximum Gasteiger partial charge on any atom is 0.150 e. The molecule has 0 aliphatic rings. The highest BCUT2D eigenvalue weighted by Gasteiger charge is 2.06. The molecule has 2 aromatic rings. The lowest BCUT2D eigenvalue weighted by molar-refractivity contribution is 0.370. The van der Waals surface area contributed by atoms with E-state index in [0.717, 1.165) is 18.1 Å². The summed E-state index contributed by atoms with van der Waals surface area (Å²) in [6.07, 6.45) is 3.23. The lowest BCUT2D eigenvalue weighted by atomic mass is 10.2. The zero-order chi connectivity index (χ0) is 12.1. The smallest absolute Gasteiger partial charge is 0.150 e. The average molecular weight is 235 g/mol. The van der Waals surface area contributed by atoms with Crippen molar-refractivity contribution in [3.05, 3.63) is 30.2 Å². The van der Waals surface area contributed by atoms with E-state index in [-0.39, 0.29) is 0 Å². The molecule has 0 atom stereocenters. The predicted molar refractivity (Wildman–Crippen MR) is 61.9 cm³/mol. The Morgan fingerprint density at radius 1 is 1.41 bits per heavy atom. The molecule has 2 aromatic heterocycles. The van der Waals surface area contributed by atoms with Crippen molar-refractivity contribution >= 4 is 0 Å². The highest BCUT2D eigenvalue weighted by Crippen LogP contribution is 2.02. The van der Waals surface area contributed by atoms with Crippen LogP contribution >= 0.6 is 0 Å². The molecule has 0 amide bonds. The highest BCUT2D eigenvalue weighted by molar-refractivity contribution is 4.93. The molecule has 6 nitrogen and oxygen atoms in total. The van der Waals surface area contributed by atoms with Gasteiger partial charge in [-0.1, -0.05) is 19.0 Å². The third kappa shape index (κ3) is 3.39. The van der Waals surface area contributed by atoms with Gasteiger partial charge in [-0.3, -0.25) is 0 Å². The molecule has 2 rings (SSSR count). The quantitative estimate of drug-likeness (QED) is 0.815. The molecule has 17 heavy (non-hydrogen) atoms. The van der Waals surface area contributed by atoms with Crippen molar-refractivity contribution in [1.82, 2.24) is 25.2 Å². The Morgan fingerprint density at radius 3 is 3.00 bits per heavy atom. The molecule has 0 saturated carbocycles. The molecule has 0 bridgehead atoms. The van der Waals surface area contributed by atoms with Crippen LogP contribution in [0.5, 0.6) is 0 Å². The Labute approximate surface area is 100 Å². The minimum Gasteiger partial charge on any atom is -0.360 e. The van der Waals surface area contributed by atoms with Gasteiger partial charge < -0.3 is 9.84 Å². The lowest BCUT2D eigenvalue weighted by Crippen LogP contribution is -2.18. The summed E-state index contributed by atoms with van der Waals surface area (Å²) >= 11 is 0. The molecule has 0 aliphatic heterocycles. The molecule has 2 heterocycles. The van der Waals surface area contributed by atoms with E-state index in [2.05, 4.69) is 34.4 Å². The molecule has 0 aromatic carbocycles. The Morgan fingerprint density at radius 2 is 2.29 bits per heavy atom. The topological polar surface area (TPSA) is 68.8 Å². The van der Waals surface area contributed by atoms with Gasteiger partial charge in [0.2, 0.25) is 0 Å². The third-order valence-electron chi connectivity index (χ3n) is 2.31. The summed E-state index contributed by atoms with van der Waals surface area (Å²) in [5, 5.41) is 11.1. The summed E-state index contributed by atoms with van der Waals surface area (Å²) in [4.78, 5) is 4.23. The first-order valence-corrected chi connectivity index (χ1v) is 5.72. The van der Waals surface area contributed by atoms with Crippen LogP contribution in [0, 0.1) is 5.92 Å². The van der Waals surface area contributed by atoms with Gasteiger partial charge in [0.15, 0.2) is 0 Å². The first-order valence-electron chi connectivity index (χ1n) is 5.72. The molecule has 0 saturated heterocycles. The first kappa shape index (κ1) is 11.8. The third-order valence-corrected chi connectivity index (χ3v) is 2.31. The van der Waals surface area contributed by atoms with Gasteiger partial charge in [-0.15, -0.1) is 0 Å². The van der Waals surface area contributed by atoms with Crippen LogP contribution in [0.25, 0.3) is 0 Å². The number of rotatable bonds is 6. The van der Waals surface area contributed by atoms with Gasteiger partial charge in [-0.2, -0.15) is 5.10 Å². The number of hydrogen-bond acceptors (Lipinski definition) is 5. The van der Waals surface area contributed by atoms with Crippen LogP contribution in [-0.4, -0.2) is 19.9 Å². The minimum absolute atomic E-state index is 0.560. The largest absolute Gasteiger partial charge is 0.360 e. The Kier molecular flexibility index (Phi) is 3.87. The van der Waals surface area contributed by atoms with E-state index in [9.17, 15) is 0 Å². The first-order chi connectivity index (χ1) is 8.25. The van der Waals surface area contributed by atoms with Gasteiger partial charge in [-0.05, 0) is 5.92 Å². The fraction of sp³-hybridized carbons (Fsp3) is 0.545. The number of hydrogen-bond donors (Lipinski definition) is 1. The lowest BCUT2D eigenvalue weighted by Gasteiger charge is -2.08. The summed E-state index contributed by atoms with van der Waals surface area (Å²) in [7, 11) is 0. The van der Waals surface area contributed by atoms with Crippen LogP contribution in [0.1, 0.15) is 25.4 Å². The molecule has 0 radical (unpaired) electrons. The van der Waals surface area contributed by atoms with Crippen molar-refractivity contribution in [2.75, 3.05) is 0 Å². The van der Waals surface area contributed by atoms with Crippen molar-refractivity contribution in [3.8, 4) is 0 Å². The average Bonchev–Trinajstić information content (AvgIpc) is 2.90. The van der Waals surface area contributed by atoms with Gasteiger partial charge in [-0.25, -0.2) is 9.67 Å². The molecule has 0 spiro atoms. The predicted octanol–water partition coefficient (Wildman–Crippen LogP) is 1.21. The highest BCUT2D eigenvalue weighted by atomic mass is 16.5. The fourth-order valence-corrected chi connectivity index (χ4v) is 1.55. The molecule has 0 unspecified atom stereocenters. The monoisotopic (exact) mass is 235 g/mol. The summed E-state index contributed by atoms with van der Waals surface area (Å²) in [6.45, 7) is 6.53. The molecule has 0 aliphatic carbocycles. The maximum absolute atomic E-state index is 4.99. The molecule has 92 valence electrons. The Hall–Kier alpha value is -1.69. The van der Waals surface area contributed by atoms with Gasteiger partial charge >= 0.3 is 0 Å². The van der Waals surface area contributed by atoms with Crippen molar-refractivity contribution in [3.63, 3.8) is 0 Å². The Bertz CT molecular complexity index is 434. The van der Waals surface area contributed by atoms with Crippen LogP contribution < -0.4 is 5.32 Å². The van der Waals surface area contributed by atoms with Gasteiger partial charge in [0.1, 0.15) is 17.9 Å². The van der Waals surface area contributed by atoms with Crippen molar-refractivity contribution in [2.24, 2.45) is 5.92 Å². The summed E-state index contributed by atoms with van der Waals surface area (Å²) < 4.78 is 6.92. The number of nitrogens with zero attached hydrogens (tertiary/aromatic N) is 4. The maximum atomic E-state index is 4.99. The van der Waals surface area contributed by atoms with E-state index in [0.29, 0.717) is 19.0 Å². The van der Waals surface area contributed by atoms with Crippen molar-refractivity contribution < 1.29 is 4.52 Å². The normalized spacial score (nSPS) is 11.2. The summed E-state index contributed by atoms with van der Waals surface area (Å²) in [5.41, 5.74) is 0. The van der Waals surface area contributed by atoms with E-state index in [1.54, 1.807) is 12.5 Å². The second-order valence-electron chi connectivity index (χ2n) is 4.33. The summed E-state index contributed by atoms with van der Waals surface area (Å²) in [6, 6.07) is 1.84. The number of nitrogens with one attached hydrogen (secondary N) is 1. The van der Waals surface area contributed by atoms with E-state index < -0.39 is 0 Å². The standard InChI is InChI=1S/C11H17N5O/c1-9(2)7-16-11(13-8-14-16)6-12-5-10-3-4-15-17-10/h3-4,8-9,12H,5-7H2,1-2H3. The van der Waals surface area contributed by atoms with Gasteiger partial charge in [0.05, 0.1) is 19.3 Å². The summed E-state index contributed by atoms with van der Waals surface area (Å²) in [5.74, 6) is 2.32. The molecule has 0 fully saturated rings. The molecule has 6 heteroatoms. The molecule has 1 N–H and O–H groups in total. The van der Waals surface area contributed by atoms with Crippen LogP contribution in [0.15, 0.2) is 23.1 Å². The zero-order valence-electron chi connectivity index (χ0n) is 10.1. The minimum atomic E-state index is 0.560. The van der Waals surface area contributed by atoms with Gasteiger partial charge in [0.25, 0.3) is 0 Å². The fourth-order valence-electron chi connectivity index (χ4n) is 1.55. The van der Waals surface area contributed by atoms with Crippen LogP contribution in [-0.2, 0) is 19.6 Å². The van der Waals surface area contributed by atoms with E-state index in [1.165, 1.54) is 0 Å². The number of aromatic nitrogens is 4. The van der Waals surface area contributed by atoms with E-state index >= 15 is 0 Å². The molecular formula is C11H17N5O. The van der Waals surface area contributed by atoms with Crippen LogP contribution in [0.2, 0.25) is 0 Å². The van der Waals surface area contributed by atoms with Crippen LogP contribution in [0.3, 0.4) is 0 Å². The van der Waals surface area contributed by atoms with E-state index in [4.69, 9.17) is 4.52 Å². The second-order valence-corrected chi connectivity index (χ2v) is 4.33. The van der Waals surface area contributed by atoms with E-state index in [1.807, 2.05) is 10.7 Å².